The van der Waals surface area contributed by atoms with Gasteiger partial charge in [-0.25, -0.2) is 8.42 Å². The number of nitrogens with one attached hydrogen (secondary N) is 1. The fraction of sp³-hybridized carbons (Fsp3) is 0.750. The maximum atomic E-state index is 11.4. The average Bonchev–Trinajstić information content (AvgIpc) is 2.63. The van der Waals surface area contributed by atoms with Crippen LogP contribution in [0, 0.1) is 0 Å². The SMILES string of the molecule is CCc1nn(CC)c(CC(CS(C)(=O)=O)NC)c1Br. The molecule has 0 fully saturated rings. The van der Waals surface area contributed by atoms with Crippen molar-refractivity contribution < 1.29 is 8.42 Å². The highest BCUT2D eigenvalue weighted by molar-refractivity contribution is 9.10. The highest BCUT2D eigenvalue weighted by atomic mass is 79.9. The quantitative estimate of drug-likeness (QED) is 0.806. The molecule has 1 N–H and O–H groups in total. The lowest BCUT2D eigenvalue weighted by Gasteiger charge is -2.16. The van der Waals surface area contributed by atoms with Gasteiger partial charge >= 0.3 is 0 Å². The molecule has 1 rings (SSSR count). The first-order valence-corrected chi connectivity index (χ1v) is 9.26. The Morgan fingerprint density at radius 3 is 2.47 bits per heavy atom. The maximum Gasteiger partial charge on any atom is 0.148 e. The van der Waals surface area contributed by atoms with Crippen LogP contribution in [0.4, 0.5) is 0 Å². The molecule has 0 amide bonds. The summed E-state index contributed by atoms with van der Waals surface area (Å²) in [6.45, 7) is 4.87. The lowest BCUT2D eigenvalue weighted by atomic mass is 10.1. The molecule has 0 bridgehead atoms. The number of rotatable bonds is 7. The zero-order chi connectivity index (χ0) is 14.6. The summed E-state index contributed by atoms with van der Waals surface area (Å²) >= 11 is 3.58. The minimum absolute atomic E-state index is 0.0991. The molecule has 1 aromatic rings. The van der Waals surface area contributed by atoms with E-state index in [0.29, 0.717) is 6.42 Å². The van der Waals surface area contributed by atoms with Crippen molar-refractivity contribution in [1.82, 2.24) is 15.1 Å². The molecular formula is C12H22BrN3O2S. The van der Waals surface area contributed by atoms with Gasteiger partial charge in [-0.1, -0.05) is 6.92 Å². The van der Waals surface area contributed by atoms with Crippen LogP contribution < -0.4 is 5.32 Å². The minimum Gasteiger partial charge on any atom is -0.316 e. The molecular weight excluding hydrogens is 330 g/mol. The summed E-state index contributed by atoms with van der Waals surface area (Å²) < 4.78 is 25.8. The molecule has 0 spiro atoms. The summed E-state index contributed by atoms with van der Waals surface area (Å²) in [6, 6.07) is -0.0991. The van der Waals surface area contributed by atoms with Crippen LogP contribution in [0.2, 0.25) is 0 Å². The fourth-order valence-electron chi connectivity index (χ4n) is 2.06. The molecule has 19 heavy (non-hydrogen) atoms. The molecule has 0 saturated heterocycles. The molecule has 0 saturated carbocycles. The van der Waals surface area contributed by atoms with Crippen molar-refractivity contribution in [2.45, 2.75) is 39.3 Å². The van der Waals surface area contributed by atoms with Gasteiger partial charge in [0.1, 0.15) is 9.84 Å². The van der Waals surface area contributed by atoms with Crippen LogP contribution in [-0.2, 0) is 29.2 Å². The van der Waals surface area contributed by atoms with Crippen LogP contribution in [0.1, 0.15) is 25.2 Å². The van der Waals surface area contributed by atoms with E-state index in [1.807, 2.05) is 11.6 Å². The van der Waals surface area contributed by atoms with E-state index < -0.39 is 9.84 Å². The molecule has 7 heteroatoms. The summed E-state index contributed by atoms with van der Waals surface area (Å²) in [5, 5.41) is 7.59. The van der Waals surface area contributed by atoms with Crippen LogP contribution in [0.3, 0.4) is 0 Å². The number of hydrogen-bond donors (Lipinski definition) is 1. The zero-order valence-corrected chi connectivity index (χ0v) is 14.3. The van der Waals surface area contributed by atoms with E-state index in [9.17, 15) is 8.42 Å². The normalized spacial score (nSPS) is 13.7. The molecule has 0 radical (unpaired) electrons. The number of aryl methyl sites for hydroxylation is 2. The van der Waals surface area contributed by atoms with E-state index in [0.717, 1.165) is 28.8 Å². The van der Waals surface area contributed by atoms with Gasteiger partial charge in [0.05, 0.1) is 21.6 Å². The van der Waals surface area contributed by atoms with Gasteiger partial charge in [-0.2, -0.15) is 5.10 Å². The Hall–Kier alpha value is -0.400. The van der Waals surface area contributed by atoms with Crippen LogP contribution in [0.5, 0.6) is 0 Å². The van der Waals surface area contributed by atoms with Crippen LogP contribution in [0.15, 0.2) is 4.47 Å². The third-order valence-corrected chi connectivity index (χ3v) is 4.97. The van der Waals surface area contributed by atoms with Crippen LogP contribution in [-0.4, -0.2) is 43.3 Å². The van der Waals surface area contributed by atoms with Crippen molar-refractivity contribution in [2.24, 2.45) is 0 Å². The van der Waals surface area contributed by atoms with Gasteiger partial charge in [-0.3, -0.25) is 4.68 Å². The molecule has 1 unspecified atom stereocenters. The monoisotopic (exact) mass is 351 g/mol. The zero-order valence-electron chi connectivity index (χ0n) is 11.9. The Balaban J connectivity index is 2.99. The summed E-state index contributed by atoms with van der Waals surface area (Å²) in [5.74, 6) is 0.131. The Kier molecular flexibility index (Phi) is 6.01. The average molecular weight is 352 g/mol. The van der Waals surface area contributed by atoms with E-state index in [1.165, 1.54) is 6.26 Å². The van der Waals surface area contributed by atoms with Crippen molar-refractivity contribution in [3.8, 4) is 0 Å². The van der Waals surface area contributed by atoms with E-state index >= 15 is 0 Å². The number of halogens is 1. The number of hydrogen-bond acceptors (Lipinski definition) is 4. The van der Waals surface area contributed by atoms with E-state index in [1.54, 1.807) is 7.05 Å². The third kappa shape index (κ3) is 4.57. The molecule has 0 aliphatic carbocycles. The fourth-order valence-corrected chi connectivity index (χ4v) is 3.80. The molecule has 0 aromatic carbocycles. The van der Waals surface area contributed by atoms with E-state index in [4.69, 9.17) is 0 Å². The molecule has 1 atom stereocenters. The van der Waals surface area contributed by atoms with Crippen LogP contribution in [0.25, 0.3) is 0 Å². The molecule has 5 nitrogen and oxygen atoms in total. The number of nitrogens with zero attached hydrogens (tertiary/aromatic N) is 2. The Bertz CT molecular complexity index is 525. The first-order chi connectivity index (χ1) is 8.82. The first kappa shape index (κ1) is 16.7. The van der Waals surface area contributed by atoms with Gasteiger partial charge in [0, 0.05) is 25.3 Å². The van der Waals surface area contributed by atoms with Gasteiger partial charge < -0.3 is 5.32 Å². The standard InChI is InChI=1S/C12H22BrN3O2S/c1-5-10-12(13)11(16(6-2)15-10)7-9(14-3)8-19(4,17)18/h9,14H,5-8H2,1-4H3. The number of sulfone groups is 1. The molecule has 1 heterocycles. The Labute approximate surface area is 123 Å². The lowest BCUT2D eigenvalue weighted by molar-refractivity contribution is 0.538. The van der Waals surface area contributed by atoms with Crippen molar-refractivity contribution in [1.29, 1.82) is 0 Å². The van der Waals surface area contributed by atoms with Crippen molar-refractivity contribution in [2.75, 3.05) is 19.1 Å². The summed E-state index contributed by atoms with van der Waals surface area (Å²) in [5.41, 5.74) is 2.08. The first-order valence-electron chi connectivity index (χ1n) is 6.41. The van der Waals surface area contributed by atoms with Gasteiger partial charge in [0.15, 0.2) is 0 Å². The topological polar surface area (TPSA) is 64.0 Å². The highest BCUT2D eigenvalue weighted by Crippen LogP contribution is 2.23. The number of aromatic nitrogens is 2. The van der Waals surface area contributed by atoms with Gasteiger partial charge in [-0.15, -0.1) is 0 Å². The predicted molar refractivity (Wildman–Crippen MR) is 81.2 cm³/mol. The molecule has 110 valence electrons. The second-order valence-corrected chi connectivity index (χ2v) is 7.64. The maximum absolute atomic E-state index is 11.4. The smallest absolute Gasteiger partial charge is 0.148 e. The van der Waals surface area contributed by atoms with Crippen molar-refractivity contribution in [3.63, 3.8) is 0 Å². The van der Waals surface area contributed by atoms with Crippen molar-refractivity contribution in [3.05, 3.63) is 15.9 Å². The van der Waals surface area contributed by atoms with E-state index in [-0.39, 0.29) is 11.8 Å². The van der Waals surface area contributed by atoms with Crippen molar-refractivity contribution >= 4 is 25.8 Å². The summed E-state index contributed by atoms with van der Waals surface area (Å²) in [4.78, 5) is 0. The lowest BCUT2D eigenvalue weighted by Crippen LogP contribution is -2.35. The third-order valence-electron chi connectivity index (χ3n) is 3.05. The second-order valence-electron chi connectivity index (χ2n) is 4.66. The molecule has 0 aliphatic rings. The van der Waals surface area contributed by atoms with Gasteiger partial charge in [0.2, 0.25) is 0 Å². The van der Waals surface area contributed by atoms with Gasteiger partial charge in [-0.05, 0) is 36.3 Å². The largest absolute Gasteiger partial charge is 0.316 e. The highest BCUT2D eigenvalue weighted by Gasteiger charge is 2.20. The Morgan fingerprint density at radius 2 is 2.05 bits per heavy atom. The van der Waals surface area contributed by atoms with E-state index in [2.05, 4.69) is 33.3 Å². The second kappa shape index (κ2) is 6.85. The molecule has 0 aliphatic heterocycles. The summed E-state index contributed by atoms with van der Waals surface area (Å²) in [6.07, 6.45) is 2.77. The summed E-state index contributed by atoms with van der Waals surface area (Å²) in [7, 11) is -1.21. The van der Waals surface area contributed by atoms with Crippen LogP contribution >= 0.6 is 15.9 Å². The van der Waals surface area contributed by atoms with Gasteiger partial charge in [0.25, 0.3) is 0 Å². The minimum atomic E-state index is -2.99. The number of likely N-dealkylation sites (N-methyl/N-ethyl adjacent to an activating group) is 1. The predicted octanol–water partition coefficient (Wildman–Crippen LogP) is 1.40. The molecule has 1 aromatic heterocycles. The Morgan fingerprint density at radius 1 is 1.42 bits per heavy atom.